The first kappa shape index (κ1) is 13.5. The van der Waals surface area contributed by atoms with Gasteiger partial charge in [-0.05, 0) is 48.7 Å². The molecular formula is C17H19BrN2. The van der Waals surface area contributed by atoms with Gasteiger partial charge in [0.1, 0.15) is 0 Å². The molecule has 1 aliphatic heterocycles. The van der Waals surface area contributed by atoms with E-state index in [4.69, 9.17) is 5.73 Å². The molecule has 1 fully saturated rings. The number of aryl methyl sites for hydroxylation is 1. The van der Waals surface area contributed by atoms with Gasteiger partial charge in [-0.2, -0.15) is 0 Å². The van der Waals surface area contributed by atoms with Crippen LogP contribution in [0.2, 0.25) is 0 Å². The molecule has 0 bridgehead atoms. The van der Waals surface area contributed by atoms with Crippen LogP contribution in [-0.4, -0.2) is 13.1 Å². The minimum atomic E-state index is 0.582. The van der Waals surface area contributed by atoms with Crippen LogP contribution in [-0.2, 0) is 0 Å². The minimum absolute atomic E-state index is 0.582. The van der Waals surface area contributed by atoms with Crippen LogP contribution in [0.3, 0.4) is 0 Å². The van der Waals surface area contributed by atoms with Crippen LogP contribution in [0.15, 0.2) is 46.9 Å². The fraction of sp³-hybridized carbons (Fsp3) is 0.294. The molecule has 0 amide bonds. The Bertz CT molecular complexity index is 624. The van der Waals surface area contributed by atoms with Crippen LogP contribution in [0.5, 0.6) is 0 Å². The zero-order chi connectivity index (χ0) is 14.1. The van der Waals surface area contributed by atoms with Gasteiger partial charge in [-0.3, -0.25) is 0 Å². The second kappa shape index (κ2) is 5.49. The molecule has 3 rings (SSSR count). The highest BCUT2D eigenvalue weighted by Crippen LogP contribution is 2.33. The maximum Gasteiger partial charge on any atom is 0.0377 e. The summed E-state index contributed by atoms with van der Waals surface area (Å²) in [7, 11) is 0. The van der Waals surface area contributed by atoms with Gasteiger partial charge in [0.25, 0.3) is 0 Å². The summed E-state index contributed by atoms with van der Waals surface area (Å²) in [5, 5.41) is 0. The molecule has 2 aromatic carbocycles. The second-order valence-corrected chi connectivity index (χ2v) is 6.39. The smallest absolute Gasteiger partial charge is 0.0377 e. The van der Waals surface area contributed by atoms with Gasteiger partial charge in [-0.15, -0.1) is 0 Å². The van der Waals surface area contributed by atoms with Gasteiger partial charge in [0, 0.05) is 34.9 Å². The molecule has 0 spiro atoms. The van der Waals surface area contributed by atoms with E-state index in [1.165, 1.54) is 27.7 Å². The van der Waals surface area contributed by atoms with Crippen LogP contribution in [0.4, 0.5) is 11.4 Å². The first-order valence-electron chi connectivity index (χ1n) is 7.00. The van der Waals surface area contributed by atoms with Crippen molar-refractivity contribution in [3.05, 3.63) is 58.1 Å². The Morgan fingerprint density at radius 1 is 1.20 bits per heavy atom. The predicted octanol–water partition coefficient (Wildman–Crippen LogP) is 4.33. The summed E-state index contributed by atoms with van der Waals surface area (Å²) in [6, 6.07) is 14.9. The number of nitrogens with two attached hydrogens (primary N) is 1. The van der Waals surface area contributed by atoms with Crippen molar-refractivity contribution in [1.29, 1.82) is 0 Å². The molecule has 0 radical (unpaired) electrons. The number of nitrogens with zero attached hydrogens (tertiary/aromatic N) is 1. The molecule has 3 heteroatoms. The van der Waals surface area contributed by atoms with Crippen LogP contribution in [0.25, 0.3) is 0 Å². The third-order valence-corrected chi connectivity index (χ3v) is 4.95. The summed E-state index contributed by atoms with van der Waals surface area (Å²) in [5.41, 5.74) is 10.7. The van der Waals surface area contributed by atoms with Crippen molar-refractivity contribution in [2.75, 3.05) is 23.7 Å². The molecule has 1 saturated heterocycles. The molecule has 1 unspecified atom stereocenters. The topological polar surface area (TPSA) is 29.3 Å². The minimum Gasteiger partial charge on any atom is -0.399 e. The molecule has 0 aromatic heterocycles. The lowest BCUT2D eigenvalue weighted by atomic mass is 9.98. The van der Waals surface area contributed by atoms with Gasteiger partial charge in [0.2, 0.25) is 0 Å². The van der Waals surface area contributed by atoms with Gasteiger partial charge < -0.3 is 10.6 Å². The molecule has 2 N–H and O–H groups in total. The molecule has 20 heavy (non-hydrogen) atoms. The van der Waals surface area contributed by atoms with Crippen molar-refractivity contribution in [2.45, 2.75) is 19.3 Å². The number of halogens is 1. The number of hydrogen-bond donors (Lipinski definition) is 1. The zero-order valence-electron chi connectivity index (χ0n) is 11.6. The summed E-state index contributed by atoms with van der Waals surface area (Å²) in [5.74, 6) is 0.582. The maximum atomic E-state index is 5.89. The second-order valence-electron chi connectivity index (χ2n) is 5.54. The lowest BCUT2D eigenvalue weighted by molar-refractivity contribution is 0.775. The zero-order valence-corrected chi connectivity index (χ0v) is 13.2. The quantitative estimate of drug-likeness (QED) is 0.830. The molecule has 0 aliphatic carbocycles. The van der Waals surface area contributed by atoms with Gasteiger partial charge in [0.05, 0.1) is 0 Å². The van der Waals surface area contributed by atoms with Gasteiger partial charge in [0.15, 0.2) is 0 Å². The number of hydrogen-bond acceptors (Lipinski definition) is 2. The largest absolute Gasteiger partial charge is 0.399 e. The van der Waals surface area contributed by atoms with Crippen molar-refractivity contribution >= 4 is 27.3 Å². The molecule has 0 saturated carbocycles. The van der Waals surface area contributed by atoms with E-state index in [1.807, 2.05) is 6.07 Å². The Morgan fingerprint density at radius 3 is 2.80 bits per heavy atom. The Morgan fingerprint density at radius 2 is 2.05 bits per heavy atom. The van der Waals surface area contributed by atoms with E-state index >= 15 is 0 Å². The van der Waals surface area contributed by atoms with E-state index in [-0.39, 0.29) is 0 Å². The van der Waals surface area contributed by atoms with Crippen molar-refractivity contribution in [1.82, 2.24) is 0 Å². The highest BCUT2D eigenvalue weighted by atomic mass is 79.9. The fourth-order valence-corrected chi connectivity index (χ4v) is 3.22. The van der Waals surface area contributed by atoms with E-state index in [0.717, 1.165) is 18.8 Å². The first-order chi connectivity index (χ1) is 9.63. The van der Waals surface area contributed by atoms with E-state index < -0.39 is 0 Å². The Hall–Kier alpha value is -1.48. The number of rotatable bonds is 2. The highest BCUT2D eigenvalue weighted by Gasteiger charge is 2.24. The van der Waals surface area contributed by atoms with Crippen molar-refractivity contribution < 1.29 is 0 Å². The van der Waals surface area contributed by atoms with E-state index in [2.05, 4.69) is 64.2 Å². The van der Waals surface area contributed by atoms with E-state index in [9.17, 15) is 0 Å². The Labute approximate surface area is 128 Å². The third kappa shape index (κ3) is 2.68. The molecule has 1 aliphatic rings. The summed E-state index contributed by atoms with van der Waals surface area (Å²) in [6.45, 7) is 4.29. The standard InChI is InChI=1S/C17H19BrN2/c1-12-5-6-16(10-17(12)18)20-8-7-14(11-20)13-3-2-4-15(19)9-13/h2-6,9-10,14H,7-8,11,19H2,1H3. The Balaban J connectivity index is 1.78. The molecule has 1 heterocycles. The predicted molar refractivity (Wildman–Crippen MR) is 89.3 cm³/mol. The molecule has 104 valence electrons. The van der Waals surface area contributed by atoms with E-state index in [0.29, 0.717) is 5.92 Å². The van der Waals surface area contributed by atoms with Crippen LogP contribution in [0.1, 0.15) is 23.5 Å². The summed E-state index contributed by atoms with van der Waals surface area (Å²) in [6.07, 6.45) is 1.19. The number of anilines is 2. The van der Waals surface area contributed by atoms with Crippen LogP contribution < -0.4 is 10.6 Å². The van der Waals surface area contributed by atoms with Gasteiger partial charge in [-0.25, -0.2) is 0 Å². The molecular weight excluding hydrogens is 312 g/mol. The van der Waals surface area contributed by atoms with Crippen molar-refractivity contribution in [2.24, 2.45) is 0 Å². The number of benzene rings is 2. The van der Waals surface area contributed by atoms with Crippen LogP contribution in [0, 0.1) is 6.92 Å². The third-order valence-electron chi connectivity index (χ3n) is 4.09. The average Bonchev–Trinajstić information content (AvgIpc) is 2.92. The molecule has 1 atom stereocenters. The average molecular weight is 331 g/mol. The lowest BCUT2D eigenvalue weighted by Gasteiger charge is -2.19. The molecule has 2 aromatic rings. The lowest BCUT2D eigenvalue weighted by Crippen LogP contribution is -2.19. The van der Waals surface area contributed by atoms with Gasteiger partial charge >= 0.3 is 0 Å². The first-order valence-corrected chi connectivity index (χ1v) is 7.79. The van der Waals surface area contributed by atoms with Crippen molar-refractivity contribution in [3.63, 3.8) is 0 Å². The number of nitrogen functional groups attached to an aromatic ring is 1. The van der Waals surface area contributed by atoms with Crippen LogP contribution >= 0.6 is 15.9 Å². The molecule has 2 nitrogen and oxygen atoms in total. The van der Waals surface area contributed by atoms with Gasteiger partial charge in [-0.1, -0.05) is 34.1 Å². The maximum absolute atomic E-state index is 5.89. The summed E-state index contributed by atoms with van der Waals surface area (Å²) in [4.78, 5) is 2.46. The SMILES string of the molecule is Cc1ccc(N2CCC(c3cccc(N)c3)C2)cc1Br. The normalized spacial score (nSPS) is 18.5. The summed E-state index contributed by atoms with van der Waals surface area (Å²) < 4.78 is 1.18. The highest BCUT2D eigenvalue weighted by molar-refractivity contribution is 9.10. The Kier molecular flexibility index (Phi) is 3.70. The fourth-order valence-electron chi connectivity index (χ4n) is 2.86. The monoisotopic (exact) mass is 330 g/mol. The van der Waals surface area contributed by atoms with Crippen molar-refractivity contribution in [3.8, 4) is 0 Å². The summed E-state index contributed by atoms with van der Waals surface area (Å²) >= 11 is 3.62. The van der Waals surface area contributed by atoms with E-state index in [1.54, 1.807) is 0 Å².